The molecular weight excluding hydrogens is 456 g/mol. The average Bonchev–Trinajstić information content (AvgIpc) is 3.28. The highest BCUT2D eigenvalue weighted by Gasteiger charge is 2.24. The minimum Gasteiger partial charge on any atom is -0.450 e. The molecule has 0 bridgehead atoms. The lowest BCUT2D eigenvalue weighted by Crippen LogP contribution is -2.46. The number of nitrogens with zero attached hydrogens (tertiary/aromatic N) is 4. The number of hydrogen-bond acceptors (Lipinski definition) is 5. The third kappa shape index (κ3) is 4.78. The van der Waals surface area contributed by atoms with Crippen molar-refractivity contribution in [3.05, 3.63) is 96.6 Å². The minimum absolute atomic E-state index is 0. The molecule has 0 spiro atoms. The van der Waals surface area contributed by atoms with Crippen molar-refractivity contribution in [1.82, 2.24) is 14.9 Å². The number of rotatable bonds is 5. The molecule has 0 N–H and O–H groups in total. The summed E-state index contributed by atoms with van der Waals surface area (Å²) in [7, 11) is 0. The van der Waals surface area contributed by atoms with Crippen molar-refractivity contribution in [3.8, 4) is 11.4 Å². The highest BCUT2D eigenvalue weighted by Crippen LogP contribution is 2.35. The van der Waals surface area contributed by atoms with Crippen LogP contribution in [0.1, 0.15) is 5.56 Å². The Hall–Kier alpha value is -3.67. The largest absolute Gasteiger partial charge is 0.450 e. The molecule has 1 saturated heterocycles. The van der Waals surface area contributed by atoms with Gasteiger partial charge in [0.05, 0.1) is 0 Å². The van der Waals surface area contributed by atoms with E-state index in [2.05, 4.69) is 64.4 Å². The quantitative estimate of drug-likeness (QED) is 0.294. The Bertz CT molecular complexity index is 1440. The van der Waals surface area contributed by atoms with Gasteiger partial charge in [0.15, 0.2) is 17.2 Å². The fraction of sp³-hybridized carbons (Fsp3) is 0.172. The molecular formula is C29H27ClN4O. The van der Waals surface area contributed by atoms with Crippen LogP contribution in [0, 0.1) is 0 Å². The SMILES string of the molecule is C(=C\c1ccccc1)/CN1CCN(c2nc(-c3ccccc3)nc3c2oc2ccccc23)CC1.Cl. The zero-order valence-electron chi connectivity index (χ0n) is 19.4. The third-order valence-corrected chi connectivity index (χ3v) is 6.38. The number of anilines is 1. The smallest absolute Gasteiger partial charge is 0.196 e. The lowest BCUT2D eigenvalue weighted by atomic mass is 10.2. The number of furan rings is 1. The van der Waals surface area contributed by atoms with Crippen molar-refractivity contribution in [2.75, 3.05) is 37.6 Å². The van der Waals surface area contributed by atoms with Gasteiger partial charge < -0.3 is 9.32 Å². The highest BCUT2D eigenvalue weighted by molar-refractivity contribution is 6.06. The van der Waals surface area contributed by atoms with E-state index in [4.69, 9.17) is 14.4 Å². The van der Waals surface area contributed by atoms with E-state index in [-0.39, 0.29) is 12.4 Å². The number of para-hydroxylation sites is 1. The molecule has 176 valence electrons. The Morgan fingerprint density at radius 1 is 0.771 bits per heavy atom. The van der Waals surface area contributed by atoms with E-state index in [9.17, 15) is 0 Å². The van der Waals surface area contributed by atoms with Crippen molar-refractivity contribution in [2.24, 2.45) is 0 Å². The van der Waals surface area contributed by atoms with Crippen LogP contribution in [0.25, 0.3) is 39.5 Å². The van der Waals surface area contributed by atoms with Crippen LogP contribution in [0.4, 0.5) is 5.82 Å². The number of fused-ring (bicyclic) bond motifs is 3. The van der Waals surface area contributed by atoms with Crippen LogP contribution in [0.2, 0.25) is 0 Å². The third-order valence-electron chi connectivity index (χ3n) is 6.38. The van der Waals surface area contributed by atoms with Crippen molar-refractivity contribution >= 4 is 46.4 Å². The van der Waals surface area contributed by atoms with Crippen LogP contribution >= 0.6 is 12.4 Å². The van der Waals surface area contributed by atoms with E-state index < -0.39 is 0 Å². The molecule has 1 aliphatic heterocycles. The monoisotopic (exact) mass is 482 g/mol. The van der Waals surface area contributed by atoms with Crippen LogP contribution in [0.15, 0.2) is 95.4 Å². The highest BCUT2D eigenvalue weighted by atomic mass is 35.5. The molecule has 0 amide bonds. The summed E-state index contributed by atoms with van der Waals surface area (Å²) in [5, 5.41) is 1.03. The van der Waals surface area contributed by atoms with Crippen LogP contribution in [0.5, 0.6) is 0 Å². The first-order chi connectivity index (χ1) is 16.8. The zero-order valence-corrected chi connectivity index (χ0v) is 20.2. The number of hydrogen-bond donors (Lipinski definition) is 0. The molecule has 3 heterocycles. The average molecular weight is 483 g/mol. The molecule has 6 heteroatoms. The van der Waals surface area contributed by atoms with Crippen molar-refractivity contribution in [2.45, 2.75) is 0 Å². The predicted molar refractivity (Wildman–Crippen MR) is 146 cm³/mol. The molecule has 0 atom stereocenters. The van der Waals surface area contributed by atoms with E-state index in [1.165, 1.54) is 5.56 Å². The Morgan fingerprint density at radius 3 is 2.23 bits per heavy atom. The van der Waals surface area contributed by atoms with Gasteiger partial charge in [-0.15, -0.1) is 12.4 Å². The Labute approximate surface area is 211 Å². The predicted octanol–water partition coefficient (Wildman–Crippen LogP) is 6.30. The van der Waals surface area contributed by atoms with Gasteiger partial charge in [-0.25, -0.2) is 9.97 Å². The minimum atomic E-state index is 0. The molecule has 1 fully saturated rings. The van der Waals surface area contributed by atoms with Crippen molar-refractivity contribution < 1.29 is 4.42 Å². The Balaban J connectivity index is 0.00000253. The maximum atomic E-state index is 6.28. The summed E-state index contributed by atoms with van der Waals surface area (Å²) in [4.78, 5) is 14.7. The molecule has 3 aromatic carbocycles. The second kappa shape index (κ2) is 10.3. The summed E-state index contributed by atoms with van der Waals surface area (Å²) < 4.78 is 6.28. The summed E-state index contributed by atoms with van der Waals surface area (Å²) in [6.07, 6.45) is 4.45. The summed E-state index contributed by atoms with van der Waals surface area (Å²) in [5.74, 6) is 1.63. The van der Waals surface area contributed by atoms with Crippen LogP contribution < -0.4 is 4.90 Å². The van der Waals surface area contributed by atoms with Gasteiger partial charge in [0, 0.05) is 43.7 Å². The zero-order chi connectivity index (χ0) is 22.7. The molecule has 0 aliphatic carbocycles. The number of aromatic nitrogens is 2. The Morgan fingerprint density at radius 2 is 1.46 bits per heavy atom. The van der Waals surface area contributed by atoms with Gasteiger partial charge in [0.2, 0.25) is 0 Å². The van der Waals surface area contributed by atoms with Crippen molar-refractivity contribution in [1.29, 1.82) is 0 Å². The maximum Gasteiger partial charge on any atom is 0.196 e. The van der Waals surface area contributed by atoms with E-state index in [1.54, 1.807) is 0 Å². The second-order valence-corrected chi connectivity index (χ2v) is 8.61. The lowest BCUT2D eigenvalue weighted by molar-refractivity contribution is 0.283. The first-order valence-electron chi connectivity index (χ1n) is 11.8. The first-order valence-corrected chi connectivity index (χ1v) is 11.8. The van der Waals surface area contributed by atoms with E-state index in [0.29, 0.717) is 0 Å². The van der Waals surface area contributed by atoms with Crippen molar-refractivity contribution in [3.63, 3.8) is 0 Å². The summed E-state index contributed by atoms with van der Waals surface area (Å²) in [6, 6.07) is 28.7. The molecule has 0 radical (unpaired) electrons. The van der Waals surface area contributed by atoms with E-state index in [0.717, 1.165) is 72.0 Å². The summed E-state index contributed by atoms with van der Waals surface area (Å²) >= 11 is 0. The topological polar surface area (TPSA) is 45.4 Å². The molecule has 0 unspecified atom stereocenters. The summed E-state index contributed by atoms with van der Waals surface area (Å²) in [5.41, 5.74) is 4.76. The lowest BCUT2D eigenvalue weighted by Gasteiger charge is -2.34. The fourth-order valence-corrected chi connectivity index (χ4v) is 4.55. The van der Waals surface area contributed by atoms with Gasteiger partial charge in [-0.2, -0.15) is 0 Å². The summed E-state index contributed by atoms with van der Waals surface area (Å²) in [6.45, 7) is 4.70. The van der Waals surface area contributed by atoms with Gasteiger partial charge >= 0.3 is 0 Å². The number of benzene rings is 3. The fourth-order valence-electron chi connectivity index (χ4n) is 4.55. The molecule has 2 aromatic heterocycles. The van der Waals surface area contributed by atoms with Gasteiger partial charge in [-0.3, -0.25) is 4.90 Å². The molecule has 5 nitrogen and oxygen atoms in total. The van der Waals surface area contributed by atoms with Crippen LogP contribution in [-0.4, -0.2) is 47.6 Å². The van der Waals surface area contributed by atoms with E-state index >= 15 is 0 Å². The molecule has 35 heavy (non-hydrogen) atoms. The standard InChI is InChI=1S/C29H26N4O.ClH/c1-3-10-22(11-4-1)12-9-17-32-18-20-33(21-19-32)29-27-26(24-15-7-8-16-25(24)34-27)30-28(31-29)23-13-5-2-6-14-23;/h1-16H,17-21H2;1H/b12-9+;. The van der Waals surface area contributed by atoms with Gasteiger partial charge in [0.25, 0.3) is 0 Å². The second-order valence-electron chi connectivity index (χ2n) is 8.61. The number of halogens is 1. The van der Waals surface area contributed by atoms with Crippen LogP contribution in [0.3, 0.4) is 0 Å². The first kappa shape index (κ1) is 23.1. The maximum absolute atomic E-state index is 6.28. The molecule has 1 aliphatic rings. The molecule has 6 rings (SSSR count). The van der Waals surface area contributed by atoms with Crippen LogP contribution in [-0.2, 0) is 0 Å². The van der Waals surface area contributed by atoms with Gasteiger partial charge in [-0.1, -0.05) is 84.9 Å². The molecule has 0 saturated carbocycles. The van der Waals surface area contributed by atoms with E-state index in [1.807, 2.05) is 42.5 Å². The normalized spacial score (nSPS) is 14.6. The van der Waals surface area contributed by atoms with Gasteiger partial charge in [0.1, 0.15) is 11.1 Å². The van der Waals surface area contributed by atoms with Gasteiger partial charge in [-0.05, 0) is 17.7 Å². The molecule has 5 aromatic rings. The number of piperazine rings is 1. The Kier molecular flexibility index (Phi) is 6.80.